The Morgan fingerprint density at radius 2 is 1.76 bits per heavy atom. The Labute approximate surface area is 218 Å². The summed E-state index contributed by atoms with van der Waals surface area (Å²) in [4.78, 5) is 42.0. The molecule has 0 unspecified atom stereocenters. The van der Waals surface area contributed by atoms with Crippen LogP contribution in [0.15, 0.2) is 57.0 Å². The van der Waals surface area contributed by atoms with Crippen LogP contribution in [-0.4, -0.2) is 30.9 Å². The standard InChI is InChI=1S/C24H22ClF3N4O4S/c1-4-13-5-7-14(8-6-13)30-20(19-21(34)31(2)23(36)32(3)22(19)35)37-12-18(33)29-15-9-10-17(25)16(11-15)24(26,27)28/h5-11,34H,4,12H2,1-3H3,(H,29,33). The van der Waals surface area contributed by atoms with E-state index in [1.165, 1.54) is 20.2 Å². The summed E-state index contributed by atoms with van der Waals surface area (Å²) in [6.07, 6.45) is -3.92. The predicted molar refractivity (Wildman–Crippen MR) is 138 cm³/mol. The summed E-state index contributed by atoms with van der Waals surface area (Å²) in [7, 11) is 2.50. The van der Waals surface area contributed by atoms with Crippen molar-refractivity contribution in [2.24, 2.45) is 19.1 Å². The van der Waals surface area contributed by atoms with Crippen LogP contribution < -0.4 is 16.6 Å². The molecule has 37 heavy (non-hydrogen) atoms. The van der Waals surface area contributed by atoms with Crippen LogP contribution >= 0.6 is 23.4 Å². The second-order valence-electron chi connectivity index (χ2n) is 7.87. The molecular weight excluding hydrogens is 533 g/mol. The van der Waals surface area contributed by atoms with Gasteiger partial charge >= 0.3 is 11.9 Å². The highest BCUT2D eigenvalue weighted by Crippen LogP contribution is 2.36. The van der Waals surface area contributed by atoms with Gasteiger partial charge in [-0.2, -0.15) is 13.2 Å². The lowest BCUT2D eigenvalue weighted by molar-refractivity contribution is -0.137. The highest BCUT2D eigenvalue weighted by molar-refractivity contribution is 8.15. The molecule has 2 aromatic carbocycles. The number of aliphatic imine (C=N–C) groups is 1. The third-order valence-electron chi connectivity index (χ3n) is 5.32. The highest BCUT2D eigenvalue weighted by Gasteiger charge is 2.33. The Morgan fingerprint density at radius 1 is 1.11 bits per heavy atom. The van der Waals surface area contributed by atoms with Gasteiger partial charge in [0.2, 0.25) is 11.8 Å². The van der Waals surface area contributed by atoms with Crippen molar-refractivity contribution >= 4 is 45.7 Å². The summed E-state index contributed by atoms with van der Waals surface area (Å²) >= 11 is 6.39. The normalized spacial score (nSPS) is 12.0. The van der Waals surface area contributed by atoms with Crippen molar-refractivity contribution in [2.45, 2.75) is 19.5 Å². The molecule has 0 aliphatic rings. The van der Waals surface area contributed by atoms with Crippen LogP contribution in [0.1, 0.15) is 23.6 Å². The number of hydrogen-bond donors (Lipinski definition) is 2. The van der Waals surface area contributed by atoms with Gasteiger partial charge in [-0.1, -0.05) is 42.4 Å². The maximum absolute atomic E-state index is 13.1. The number of aryl methyl sites for hydroxylation is 1. The topological polar surface area (TPSA) is 106 Å². The summed E-state index contributed by atoms with van der Waals surface area (Å²) in [5.41, 5.74) is -1.66. The number of halogens is 4. The lowest BCUT2D eigenvalue weighted by Gasteiger charge is -2.13. The van der Waals surface area contributed by atoms with Crippen molar-refractivity contribution in [3.8, 4) is 5.88 Å². The smallest absolute Gasteiger partial charge is 0.417 e. The second kappa shape index (κ2) is 11.3. The quantitative estimate of drug-likeness (QED) is 0.345. The first-order valence-corrected chi connectivity index (χ1v) is 12.2. The van der Waals surface area contributed by atoms with Gasteiger partial charge in [-0.25, -0.2) is 9.79 Å². The number of nitrogens with one attached hydrogen (secondary N) is 1. The number of aromatic nitrogens is 2. The van der Waals surface area contributed by atoms with E-state index in [-0.39, 0.29) is 22.0 Å². The molecule has 196 valence electrons. The molecule has 13 heteroatoms. The number of nitrogens with zero attached hydrogens (tertiary/aromatic N) is 3. The van der Waals surface area contributed by atoms with Gasteiger partial charge in [0.1, 0.15) is 10.6 Å². The molecule has 0 atom stereocenters. The molecule has 2 N–H and O–H groups in total. The second-order valence-corrected chi connectivity index (χ2v) is 9.24. The van der Waals surface area contributed by atoms with Gasteiger partial charge in [0.15, 0.2) is 0 Å². The van der Waals surface area contributed by atoms with Gasteiger partial charge < -0.3 is 10.4 Å². The first-order valence-electron chi connectivity index (χ1n) is 10.8. The molecule has 0 bridgehead atoms. The van der Waals surface area contributed by atoms with Crippen LogP contribution in [0.3, 0.4) is 0 Å². The lowest BCUT2D eigenvalue weighted by atomic mass is 10.1. The van der Waals surface area contributed by atoms with Crippen molar-refractivity contribution < 1.29 is 23.1 Å². The van der Waals surface area contributed by atoms with E-state index in [1.807, 2.05) is 19.1 Å². The average Bonchev–Trinajstić information content (AvgIpc) is 2.85. The summed E-state index contributed by atoms with van der Waals surface area (Å²) in [6.45, 7) is 1.97. The van der Waals surface area contributed by atoms with Crippen molar-refractivity contribution in [3.05, 3.63) is 85.0 Å². The maximum atomic E-state index is 13.1. The minimum Gasteiger partial charge on any atom is -0.494 e. The van der Waals surface area contributed by atoms with Crippen molar-refractivity contribution in [1.29, 1.82) is 0 Å². The molecule has 1 amide bonds. The van der Waals surface area contributed by atoms with Crippen LogP contribution in [-0.2, 0) is 31.5 Å². The van der Waals surface area contributed by atoms with E-state index < -0.39 is 39.8 Å². The molecule has 0 spiro atoms. The van der Waals surface area contributed by atoms with Gasteiger partial charge in [-0.05, 0) is 42.3 Å². The SMILES string of the molecule is CCc1ccc(N=C(SCC(=O)Nc2ccc(Cl)c(C(F)(F)F)c2)c2c(O)n(C)c(=O)n(C)c2=O)cc1. The van der Waals surface area contributed by atoms with E-state index in [4.69, 9.17) is 11.6 Å². The summed E-state index contributed by atoms with van der Waals surface area (Å²) in [5, 5.41) is 12.4. The number of carbonyl (C=O) groups excluding carboxylic acids is 1. The monoisotopic (exact) mass is 554 g/mol. The first kappa shape index (κ1) is 28.1. The molecule has 0 saturated carbocycles. The van der Waals surface area contributed by atoms with Crippen LogP contribution in [0.2, 0.25) is 5.02 Å². The van der Waals surface area contributed by atoms with Crippen LogP contribution in [0.5, 0.6) is 5.88 Å². The number of alkyl halides is 3. The summed E-state index contributed by atoms with van der Waals surface area (Å²) in [6, 6.07) is 9.98. The molecule has 3 aromatic rings. The number of hydrogen-bond acceptors (Lipinski definition) is 6. The fourth-order valence-electron chi connectivity index (χ4n) is 3.26. The number of aromatic hydroxyl groups is 1. The number of benzene rings is 2. The highest BCUT2D eigenvalue weighted by atomic mass is 35.5. The van der Waals surface area contributed by atoms with Crippen LogP contribution in [0.25, 0.3) is 0 Å². The van der Waals surface area contributed by atoms with E-state index in [0.717, 1.165) is 38.9 Å². The van der Waals surface area contributed by atoms with E-state index in [9.17, 15) is 32.7 Å². The van der Waals surface area contributed by atoms with E-state index in [1.54, 1.807) is 12.1 Å². The Morgan fingerprint density at radius 3 is 2.35 bits per heavy atom. The van der Waals surface area contributed by atoms with Crippen molar-refractivity contribution in [1.82, 2.24) is 9.13 Å². The predicted octanol–water partition coefficient (Wildman–Crippen LogP) is 4.47. The summed E-state index contributed by atoms with van der Waals surface area (Å²) in [5.74, 6) is -1.71. The molecule has 3 rings (SSSR count). The maximum Gasteiger partial charge on any atom is 0.417 e. The molecule has 0 saturated heterocycles. The zero-order chi connectivity index (χ0) is 27.5. The van der Waals surface area contributed by atoms with Gasteiger partial charge in [-0.3, -0.25) is 18.7 Å². The average molecular weight is 555 g/mol. The van der Waals surface area contributed by atoms with E-state index >= 15 is 0 Å². The molecule has 0 radical (unpaired) electrons. The number of amides is 1. The fraction of sp³-hybridized carbons (Fsp3) is 0.250. The summed E-state index contributed by atoms with van der Waals surface area (Å²) < 4.78 is 41.1. The Kier molecular flexibility index (Phi) is 8.54. The Bertz CT molecular complexity index is 1480. The number of thioether (sulfide) groups is 1. The fourth-order valence-corrected chi connectivity index (χ4v) is 4.31. The molecule has 0 aliphatic carbocycles. The third kappa shape index (κ3) is 6.44. The van der Waals surface area contributed by atoms with Crippen molar-refractivity contribution in [2.75, 3.05) is 11.1 Å². The third-order valence-corrected chi connectivity index (χ3v) is 6.62. The molecule has 8 nitrogen and oxygen atoms in total. The zero-order valence-corrected chi connectivity index (χ0v) is 21.5. The lowest BCUT2D eigenvalue weighted by Crippen LogP contribution is -2.39. The molecule has 1 aromatic heterocycles. The van der Waals surface area contributed by atoms with Crippen LogP contribution in [0, 0.1) is 0 Å². The van der Waals surface area contributed by atoms with Gasteiger partial charge in [-0.15, -0.1) is 0 Å². The molecule has 0 fully saturated rings. The van der Waals surface area contributed by atoms with Gasteiger partial charge in [0, 0.05) is 19.8 Å². The molecule has 1 heterocycles. The number of carbonyl (C=O) groups is 1. The van der Waals surface area contributed by atoms with E-state index in [0.29, 0.717) is 11.8 Å². The zero-order valence-electron chi connectivity index (χ0n) is 19.9. The molecule has 0 aliphatic heterocycles. The van der Waals surface area contributed by atoms with Gasteiger partial charge in [0.25, 0.3) is 5.56 Å². The Balaban J connectivity index is 1.95. The first-order chi connectivity index (χ1) is 17.3. The minimum absolute atomic E-state index is 0.0554. The minimum atomic E-state index is -4.71. The van der Waals surface area contributed by atoms with Gasteiger partial charge in [0.05, 0.1) is 22.0 Å². The number of rotatable bonds is 6. The van der Waals surface area contributed by atoms with Crippen molar-refractivity contribution in [3.63, 3.8) is 0 Å². The number of anilines is 1. The largest absolute Gasteiger partial charge is 0.494 e. The van der Waals surface area contributed by atoms with E-state index in [2.05, 4.69) is 10.3 Å². The molecular formula is C24H22ClF3N4O4S. The van der Waals surface area contributed by atoms with Crippen LogP contribution in [0.4, 0.5) is 24.5 Å². The Hall–Kier alpha value is -3.51.